The van der Waals surface area contributed by atoms with Gasteiger partial charge in [-0.25, -0.2) is 0 Å². The third-order valence-electron chi connectivity index (χ3n) is 5.36. The first-order valence-electron chi connectivity index (χ1n) is 9.87. The number of piperidine rings is 1. The maximum absolute atomic E-state index is 4.90. The van der Waals surface area contributed by atoms with Gasteiger partial charge in [-0.15, -0.1) is 35.3 Å². The Bertz CT molecular complexity index is 528. The summed E-state index contributed by atoms with van der Waals surface area (Å²) in [6.45, 7) is 10.9. The van der Waals surface area contributed by atoms with Gasteiger partial charge in [-0.05, 0) is 63.2 Å². The molecule has 1 aromatic rings. The number of halogens is 1. The van der Waals surface area contributed by atoms with Crippen LogP contribution in [0.5, 0.6) is 0 Å². The molecule has 1 unspecified atom stereocenters. The summed E-state index contributed by atoms with van der Waals surface area (Å²) in [6.07, 6.45) is 4.95. The second-order valence-electron chi connectivity index (χ2n) is 7.00. The van der Waals surface area contributed by atoms with Crippen LogP contribution >= 0.6 is 35.3 Å². The first-order chi connectivity index (χ1) is 12.3. The highest BCUT2D eigenvalue weighted by Crippen LogP contribution is 2.24. The monoisotopic (exact) mass is 491 g/mol. The number of thiophene rings is 1. The quantitative estimate of drug-likeness (QED) is 0.364. The van der Waals surface area contributed by atoms with Crippen molar-refractivity contribution in [1.29, 1.82) is 0 Å². The molecule has 5 nitrogen and oxygen atoms in total. The van der Waals surface area contributed by atoms with Gasteiger partial charge in [0.05, 0.1) is 11.5 Å². The average molecular weight is 491 g/mol. The first kappa shape index (κ1) is 21.8. The van der Waals surface area contributed by atoms with Gasteiger partial charge in [0, 0.05) is 31.7 Å². The molecule has 26 heavy (non-hydrogen) atoms. The Balaban J connectivity index is 0.00000243. The number of hydrogen-bond acceptors (Lipinski definition) is 4. The summed E-state index contributed by atoms with van der Waals surface area (Å²) in [7, 11) is 0. The lowest BCUT2D eigenvalue weighted by molar-refractivity contribution is 0.273. The number of anilines is 1. The molecule has 2 aliphatic rings. The fraction of sp³-hybridized carbons (Fsp3) is 0.737. The number of nitrogens with one attached hydrogen (secondary N) is 2. The average Bonchev–Trinajstić information content (AvgIpc) is 3.32. The summed E-state index contributed by atoms with van der Waals surface area (Å²) >= 11 is 1.84. The fourth-order valence-corrected chi connectivity index (χ4v) is 4.71. The van der Waals surface area contributed by atoms with Crippen molar-refractivity contribution in [2.45, 2.75) is 51.6 Å². The molecule has 0 saturated carbocycles. The summed E-state index contributed by atoms with van der Waals surface area (Å²) < 4.78 is 0. The normalized spacial score (nSPS) is 22.3. The number of likely N-dealkylation sites (N-methyl/N-ethyl adjacent to an activating group) is 1. The van der Waals surface area contributed by atoms with Gasteiger partial charge in [0.2, 0.25) is 0 Å². The van der Waals surface area contributed by atoms with Crippen molar-refractivity contribution in [2.75, 3.05) is 44.2 Å². The summed E-state index contributed by atoms with van der Waals surface area (Å²) in [5, 5.41) is 10.7. The van der Waals surface area contributed by atoms with Crippen molar-refractivity contribution in [3.8, 4) is 0 Å². The van der Waals surface area contributed by atoms with Crippen LogP contribution in [-0.2, 0) is 0 Å². The lowest BCUT2D eigenvalue weighted by Crippen LogP contribution is -2.49. The first-order valence-corrected chi connectivity index (χ1v) is 10.8. The summed E-state index contributed by atoms with van der Waals surface area (Å²) in [5.41, 5.74) is 0. The molecule has 2 saturated heterocycles. The summed E-state index contributed by atoms with van der Waals surface area (Å²) in [5.74, 6) is 1.00. The number of aliphatic imine (C=N–C) groups is 1. The van der Waals surface area contributed by atoms with Crippen LogP contribution in [-0.4, -0.2) is 62.2 Å². The van der Waals surface area contributed by atoms with Gasteiger partial charge in [-0.1, -0.05) is 6.92 Å². The number of nitrogens with zero attached hydrogens (tertiary/aromatic N) is 3. The topological polar surface area (TPSA) is 42.9 Å². The molecule has 1 atom stereocenters. The maximum Gasteiger partial charge on any atom is 0.191 e. The SMILES string of the molecule is CCNC(=NCC1CCCN1CC)NC1CCN(c2cccs2)CC1.I. The zero-order chi connectivity index (χ0) is 17.5. The highest BCUT2D eigenvalue weighted by atomic mass is 127. The van der Waals surface area contributed by atoms with Crippen LogP contribution in [0.3, 0.4) is 0 Å². The van der Waals surface area contributed by atoms with Crippen LogP contribution in [0, 0.1) is 0 Å². The Hall–Kier alpha value is -0.540. The maximum atomic E-state index is 4.90. The zero-order valence-corrected chi connectivity index (χ0v) is 19.3. The fourth-order valence-electron chi connectivity index (χ4n) is 3.92. The third-order valence-corrected chi connectivity index (χ3v) is 6.29. The molecule has 1 aromatic heterocycles. The predicted molar refractivity (Wildman–Crippen MR) is 124 cm³/mol. The Kier molecular flexibility index (Phi) is 9.49. The van der Waals surface area contributed by atoms with E-state index in [2.05, 4.69) is 51.8 Å². The molecule has 0 aromatic carbocycles. The van der Waals surface area contributed by atoms with Gasteiger partial charge in [0.25, 0.3) is 0 Å². The van der Waals surface area contributed by atoms with Crippen molar-refractivity contribution in [2.24, 2.45) is 4.99 Å². The van der Waals surface area contributed by atoms with E-state index in [9.17, 15) is 0 Å². The second kappa shape index (κ2) is 11.3. The van der Waals surface area contributed by atoms with E-state index in [-0.39, 0.29) is 24.0 Å². The largest absolute Gasteiger partial charge is 0.363 e. The lowest BCUT2D eigenvalue weighted by atomic mass is 10.1. The number of likely N-dealkylation sites (tertiary alicyclic amines) is 1. The smallest absolute Gasteiger partial charge is 0.191 e. The van der Waals surface area contributed by atoms with E-state index >= 15 is 0 Å². The van der Waals surface area contributed by atoms with Crippen LogP contribution in [0.2, 0.25) is 0 Å². The van der Waals surface area contributed by atoms with E-state index in [1.807, 2.05) is 11.3 Å². The van der Waals surface area contributed by atoms with E-state index in [0.29, 0.717) is 12.1 Å². The standard InChI is InChI=1S/C19H33N5S.HI/c1-3-20-19(21-15-17-7-5-11-23(17)4-2)22-16-9-12-24(13-10-16)18-8-6-14-25-18;/h6,8,14,16-17H,3-5,7,9-13,15H2,1-2H3,(H2,20,21,22);1H. The van der Waals surface area contributed by atoms with Crippen molar-refractivity contribution in [3.63, 3.8) is 0 Å². The van der Waals surface area contributed by atoms with Crippen LogP contribution in [0.4, 0.5) is 5.00 Å². The molecule has 2 N–H and O–H groups in total. The molecule has 3 heterocycles. The van der Waals surface area contributed by atoms with Gasteiger partial charge < -0.3 is 15.5 Å². The minimum atomic E-state index is 0. The van der Waals surface area contributed by atoms with E-state index in [1.165, 1.54) is 37.2 Å². The highest BCUT2D eigenvalue weighted by molar-refractivity contribution is 14.0. The molecule has 0 aliphatic carbocycles. The van der Waals surface area contributed by atoms with Crippen molar-refractivity contribution < 1.29 is 0 Å². The molecule has 2 fully saturated rings. The molecule has 148 valence electrons. The summed E-state index contributed by atoms with van der Waals surface area (Å²) in [6, 6.07) is 5.52. The molecule has 0 bridgehead atoms. The van der Waals surface area contributed by atoms with Crippen LogP contribution in [0.25, 0.3) is 0 Å². The van der Waals surface area contributed by atoms with E-state index in [0.717, 1.165) is 38.7 Å². The van der Waals surface area contributed by atoms with Gasteiger partial charge in [0.15, 0.2) is 5.96 Å². The number of rotatable bonds is 6. The van der Waals surface area contributed by atoms with E-state index < -0.39 is 0 Å². The third kappa shape index (κ3) is 5.99. The highest BCUT2D eigenvalue weighted by Gasteiger charge is 2.23. The Morgan fingerprint density at radius 2 is 2.04 bits per heavy atom. The Labute approximate surface area is 179 Å². The van der Waals surface area contributed by atoms with Gasteiger partial charge >= 0.3 is 0 Å². The van der Waals surface area contributed by atoms with Crippen molar-refractivity contribution in [3.05, 3.63) is 17.5 Å². The molecule has 2 aliphatic heterocycles. The van der Waals surface area contributed by atoms with Crippen LogP contribution < -0.4 is 15.5 Å². The van der Waals surface area contributed by atoms with Gasteiger partial charge in [0.1, 0.15) is 0 Å². The van der Waals surface area contributed by atoms with Gasteiger partial charge in [-0.3, -0.25) is 9.89 Å². The number of guanidine groups is 1. The number of hydrogen-bond donors (Lipinski definition) is 2. The van der Waals surface area contributed by atoms with E-state index in [1.54, 1.807) is 0 Å². The Morgan fingerprint density at radius 3 is 2.69 bits per heavy atom. The van der Waals surface area contributed by atoms with Gasteiger partial charge in [-0.2, -0.15) is 0 Å². The molecule has 0 amide bonds. The van der Waals surface area contributed by atoms with Crippen molar-refractivity contribution >= 4 is 46.3 Å². The summed E-state index contributed by atoms with van der Waals surface area (Å²) in [4.78, 5) is 9.96. The minimum absolute atomic E-state index is 0. The molecule has 0 spiro atoms. The molecule has 0 radical (unpaired) electrons. The minimum Gasteiger partial charge on any atom is -0.363 e. The zero-order valence-electron chi connectivity index (χ0n) is 16.1. The second-order valence-corrected chi connectivity index (χ2v) is 7.93. The predicted octanol–water partition coefficient (Wildman–Crippen LogP) is 3.37. The van der Waals surface area contributed by atoms with E-state index in [4.69, 9.17) is 4.99 Å². The molecule has 7 heteroatoms. The molecular formula is C19H34IN5S. The van der Waals surface area contributed by atoms with Crippen molar-refractivity contribution in [1.82, 2.24) is 15.5 Å². The van der Waals surface area contributed by atoms with Crippen LogP contribution in [0.1, 0.15) is 39.5 Å². The molecular weight excluding hydrogens is 457 g/mol. The molecule has 3 rings (SSSR count). The Morgan fingerprint density at radius 1 is 1.23 bits per heavy atom. The lowest BCUT2D eigenvalue weighted by Gasteiger charge is -2.33. The van der Waals surface area contributed by atoms with Crippen LogP contribution in [0.15, 0.2) is 22.5 Å².